The summed E-state index contributed by atoms with van der Waals surface area (Å²) in [5.74, 6) is -1.12. The number of hydrogen-bond acceptors (Lipinski definition) is 6. The lowest BCUT2D eigenvalue weighted by atomic mass is 10.1. The van der Waals surface area contributed by atoms with Crippen LogP contribution in [0.15, 0.2) is 47.0 Å². The number of ether oxygens (including phenoxy) is 2. The van der Waals surface area contributed by atoms with Crippen molar-refractivity contribution < 1.29 is 23.6 Å². The highest BCUT2D eigenvalue weighted by molar-refractivity contribution is 6.31. The van der Waals surface area contributed by atoms with Gasteiger partial charge in [-0.05, 0) is 37.3 Å². The fraction of sp³-hybridized carbons (Fsp3) is 0.150. The number of nitrogens with one attached hydrogen (secondary N) is 1. The molecule has 0 unspecified atom stereocenters. The Hall–Kier alpha value is -3.03. The van der Waals surface area contributed by atoms with Gasteiger partial charge in [-0.2, -0.15) is 0 Å². The minimum Gasteiger partial charge on any atom is -0.496 e. The maximum Gasteiger partial charge on any atom is 0.346 e. The molecule has 0 radical (unpaired) electrons. The van der Waals surface area contributed by atoms with Crippen molar-refractivity contribution in [3.05, 3.63) is 63.6 Å². The summed E-state index contributed by atoms with van der Waals surface area (Å²) in [6, 6.07) is 11.2. The van der Waals surface area contributed by atoms with Crippen LogP contribution in [0, 0.1) is 0 Å². The number of amides is 1. The quantitative estimate of drug-likeness (QED) is 0.543. The number of nitrogens with zero attached hydrogens (tertiary/aromatic N) is 1. The maximum atomic E-state index is 12.8. The highest BCUT2D eigenvalue weighted by Gasteiger charge is 2.27. The van der Waals surface area contributed by atoms with Crippen molar-refractivity contribution in [3.63, 3.8) is 0 Å². The van der Waals surface area contributed by atoms with Crippen LogP contribution in [0.5, 0.6) is 5.75 Å². The third-order valence-electron chi connectivity index (χ3n) is 3.92. The Bertz CT molecular complexity index is 1050. The topological polar surface area (TPSA) is 90.7 Å². The van der Waals surface area contributed by atoms with Gasteiger partial charge in [0.2, 0.25) is 5.88 Å². The number of halogens is 2. The van der Waals surface area contributed by atoms with Crippen molar-refractivity contribution >= 4 is 41.0 Å². The summed E-state index contributed by atoms with van der Waals surface area (Å²) in [7, 11) is 1.43. The van der Waals surface area contributed by atoms with E-state index in [0.717, 1.165) is 0 Å². The molecule has 0 aliphatic heterocycles. The fourth-order valence-corrected chi connectivity index (χ4v) is 2.90. The van der Waals surface area contributed by atoms with Gasteiger partial charge in [0, 0.05) is 15.6 Å². The van der Waals surface area contributed by atoms with E-state index in [2.05, 4.69) is 10.5 Å². The smallest absolute Gasteiger partial charge is 0.346 e. The van der Waals surface area contributed by atoms with Crippen LogP contribution < -0.4 is 10.1 Å². The van der Waals surface area contributed by atoms with E-state index in [1.54, 1.807) is 43.3 Å². The summed E-state index contributed by atoms with van der Waals surface area (Å²) in [5, 5.41) is 7.34. The van der Waals surface area contributed by atoms with Crippen LogP contribution in [0.3, 0.4) is 0 Å². The lowest BCUT2D eigenvalue weighted by molar-refractivity contribution is 0.0528. The van der Waals surface area contributed by atoms with E-state index < -0.39 is 11.9 Å². The molecule has 1 heterocycles. The second-order valence-electron chi connectivity index (χ2n) is 5.76. The van der Waals surface area contributed by atoms with Crippen LogP contribution in [0.4, 0.5) is 5.88 Å². The molecule has 9 heteroatoms. The van der Waals surface area contributed by atoms with Gasteiger partial charge in [-0.25, -0.2) is 4.79 Å². The van der Waals surface area contributed by atoms with E-state index in [1.165, 1.54) is 13.2 Å². The van der Waals surface area contributed by atoms with Gasteiger partial charge in [0.05, 0.1) is 19.3 Å². The molecule has 29 heavy (non-hydrogen) atoms. The Morgan fingerprint density at radius 1 is 1.10 bits per heavy atom. The Labute approximate surface area is 176 Å². The Morgan fingerprint density at radius 2 is 1.79 bits per heavy atom. The molecule has 1 N–H and O–H groups in total. The lowest BCUT2D eigenvalue weighted by Crippen LogP contribution is -2.16. The fourth-order valence-electron chi connectivity index (χ4n) is 2.60. The normalized spacial score (nSPS) is 10.5. The molecule has 0 aliphatic carbocycles. The van der Waals surface area contributed by atoms with Gasteiger partial charge < -0.3 is 14.0 Å². The number of hydrogen-bond donors (Lipinski definition) is 1. The SMILES string of the molecule is CCOC(=O)c1c(-c2ccc(Cl)cc2)noc1NC(=O)c1cc(Cl)ccc1OC. The Kier molecular flexibility index (Phi) is 6.41. The van der Waals surface area contributed by atoms with Crippen LogP contribution in [0.25, 0.3) is 11.3 Å². The molecule has 1 aromatic heterocycles. The van der Waals surface area contributed by atoms with Crippen molar-refractivity contribution in [1.29, 1.82) is 0 Å². The number of anilines is 1. The third-order valence-corrected chi connectivity index (χ3v) is 4.41. The molecule has 0 fully saturated rings. The molecule has 2 aromatic carbocycles. The van der Waals surface area contributed by atoms with Gasteiger partial charge in [-0.1, -0.05) is 40.5 Å². The summed E-state index contributed by atoms with van der Waals surface area (Å²) in [6.07, 6.45) is 0. The largest absolute Gasteiger partial charge is 0.496 e. The predicted octanol–water partition coefficient (Wildman–Crippen LogP) is 5.09. The first-order chi connectivity index (χ1) is 13.9. The van der Waals surface area contributed by atoms with Crippen LogP contribution in [-0.2, 0) is 4.74 Å². The second-order valence-corrected chi connectivity index (χ2v) is 6.63. The number of rotatable bonds is 6. The molecular formula is C20H16Cl2N2O5. The highest BCUT2D eigenvalue weighted by Crippen LogP contribution is 2.31. The predicted molar refractivity (Wildman–Crippen MR) is 109 cm³/mol. The first kappa shape index (κ1) is 20.7. The highest BCUT2D eigenvalue weighted by atomic mass is 35.5. The molecule has 0 spiro atoms. The number of carbonyl (C=O) groups is 2. The lowest BCUT2D eigenvalue weighted by Gasteiger charge is -2.09. The number of esters is 1. The zero-order chi connectivity index (χ0) is 21.0. The van der Waals surface area contributed by atoms with E-state index in [9.17, 15) is 9.59 Å². The molecule has 150 valence electrons. The summed E-state index contributed by atoms with van der Waals surface area (Å²) in [6.45, 7) is 1.81. The minimum atomic E-state index is -0.688. The zero-order valence-electron chi connectivity index (χ0n) is 15.5. The molecule has 0 saturated carbocycles. The summed E-state index contributed by atoms with van der Waals surface area (Å²) >= 11 is 11.9. The number of aromatic nitrogens is 1. The van der Waals surface area contributed by atoms with E-state index in [-0.39, 0.29) is 29.3 Å². The van der Waals surface area contributed by atoms with Crippen molar-refractivity contribution in [2.24, 2.45) is 0 Å². The number of methoxy groups -OCH3 is 1. The Morgan fingerprint density at radius 3 is 2.45 bits per heavy atom. The first-order valence-corrected chi connectivity index (χ1v) is 9.27. The number of benzene rings is 2. The minimum absolute atomic E-state index is 0.0106. The van der Waals surface area contributed by atoms with E-state index in [0.29, 0.717) is 21.4 Å². The van der Waals surface area contributed by atoms with Crippen LogP contribution >= 0.6 is 23.2 Å². The molecule has 7 nitrogen and oxygen atoms in total. The van der Waals surface area contributed by atoms with Gasteiger partial charge in [-0.3, -0.25) is 10.1 Å². The molecule has 1 amide bonds. The van der Waals surface area contributed by atoms with Gasteiger partial charge >= 0.3 is 5.97 Å². The second kappa shape index (κ2) is 8.98. The summed E-state index contributed by atoms with van der Waals surface area (Å²) in [4.78, 5) is 25.3. The van der Waals surface area contributed by atoms with E-state index in [1.807, 2.05) is 0 Å². The average molecular weight is 435 g/mol. The molecule has 0 atom stereocenters. The van der Waals surface area contributed by atoms with Gasteiger partial charge in [-0.15, -0.1) is 0 Å². The van der Waals surface area contributed by atoms with Crippen LogP contribution in [0.2, 0.25) is 10.0 Å². The molecule has 3 rings (SSSR count). The maximum absolute atomic E-state index is 12.8. The monoisotopic (exact) mass is 434 g/mol. The van der Waals surface area contributed by atoms with Crippen molar-refractivity contribution in [3.8, 4) is 17.0 Å². The number of carbonyl (C=O) groups excluding carboxylic acids is 2. The summed E-state index contributed by atoms with van der Waals surface area (Å²) in [5.41, 5.74) is 0.943. The molecule has 3 aromatic rings. The third kappa shape index (κ3) is 4.52. The van der Waals surface area contributed by atoms with Crippen molar-refractivity contribution in [2.75, 3.05) is 19.0 Å². The van der Waals surface area contributed by atoms with Gasteiger partial charge in [0.25, 0.3) is 5.91 Å². The Balaban J connectivity index is 2.01. The molecule has 0 bridgehead atoms. The molecular weight excluding hydrogens is 419 g/mol. The standard InChI is InChI=1S/C20H16Cl2N2O5/c1-3-28-20(26)16-17(11-4-6-12(21)7-5-11)24-29-19(16)23-18(25)14-10-13(22)8-9-15(14)27-2/h4-10H,3H2,1-2H3,(H,23,25). The van der Waals surface area contributed by atoms with Gasteiger partial charge in [0.15, 0.2) is 5.56 Å². The van der Waals surface area contributed by atoms with Crippen LogP contribution in [0.1, 0.15) is 27.6 Å². The van der Waals surface area contributed by atoms with Gasteiger partial charge in [0.1, 0.15) is 11.4 Å². The zero-order valence-corrected chi connectivity index (χ0v) is 17.0. The van der Waals surface area contributed by atoms with Crippen molar-refractivity contribution in [1.82, 2.24) is 5.16 Å². The van der Waals surface area contributed by atoms with Crippen molar-refractivity contribution in [2.45, 2.75) is 6.92 Å². The van der Waals surface area contributed by atoms with E-state index >= 15 is 0 Å². The summed E-state index contributed by atoms with van der Waals surface area (Å²) < 4.78 is 15.5. The van der Waals surface area contributed by atoms with E-state index in [4.69, 9.17) is 37.2 Å². The van der Waals surface area contributed by atoms with Crippen LogP contribution in [-0.4, -0.2) is 30.7 Å². The first-order valence-electron chi connectivity index (χ1n) is 8.52. The molecule has 0 saturated heterocycles. The average Bonchev–Trinajstić information content (AvgIpc) is 3.12. The molecule has 0 aliphatic rings.